The summed E-state index contributed by atoms with van der Waals surface area (Å²) < 4.78 is 22.6. The Labute approximate surface area is 138 Å². The molecule has 0 unspecified atom stereocenters. The summed E-state index contributed by atoms with van der Waals surface area (Å²) in [4.78, 5) is 3.45. The first-order valence-electron chi connectivity index (χ1n) is 7.58. The lowest BCUT2D eigenvalue weighted by Gasteiger charge is -2.06. The SMILES string of the molecule is [C-]#[N+]c1ccc2oc3c(F)c(C)c(-c4cccc[n+]4C)cc3c2c1. The van der Waals surface area contributed by atoms with Crippen molar-refractivity contribution in [1.82, 2.24) is 0 Å². The molecule has 0 saturated carbocycles. The van der Waals surface area contributed by atoms with Crippen LogP contribution in [0.1, 0.15) is 5.56 Å². The van der Waals surface area contributed by atoms with Gasteiger partial charge in [-0.15, -0.1) is 0 Å². The van der Waals surface area contributed by atoms with Crippen LogP contribution in [0.2, 0.25) is 0 Å². The van der Waals surface area contributed by atoms with Gasteiger partial charge in [-0.25, -0.2) is 13.8 Å². The van der Waals surface area contributed by atoms with Gasteiger partial charge in [0.15, 0.2) is 23.3 Å². The number of aromatic nitrogens is 1. The van der Waals surface area contributed by atoms with Crippen LogP contribution in [0.15, 0.2) is 53.1 Å². The van der Waals surface area contributed by atoms with Crippen molar-refractivity contribution in [1.29, 1.82) is 0 Å². The Bertz CT molecular complexity index is 1150. The Morgan fingerprint density at radius 1 is 1.12 bits per heavy atom. The molecule has 2 aromatic heterocycles. The van der Waals surface area contributed by atoms with Crippen LogP contribution in [0.25, 0.3) is 38.0 Å². The van der Waals surface area contributed by atoms with Gasteiger partial charge in [-0.05, 0) is 31.2 Å². The highest BCUT2D eigenvalue weighted by atomic mass is 19.1. The van der Waals surface area contributed by atoms with Crippen LogP contribution < -0.4 is 4.57 Å². The fourth-order valence-electron chi connectivity index (χ4n) is 3.09. The summed E-state index contributed by atoms with van der Waals surface area (Å²) in [6.07, 6.45) is 1.93. The molecule has 0 N–H and O–H groups in total. The molecule has 0 saturated heterocycles. The van der Waals surface area contributed by atoms with E-state index in [2.05, 4.69) is 4.85 Å². The maximum absolute atomic E-state index is 14.9. The third-order valence-corrected chi connectivity index (χ3v) is 4.39. The van der Waals surface area contributed by atoms with Crippen LogP contribution in [0.4, 0.5) is 10.1 Å². The summed E-state index contributed by atoms with van der Waals surface area (Å²) in [6, 6.07) is 12.9. The standard InChI is InChI=1S/C20H14FN2O/c1-12-14(17-6-4-5-9-23(17)3)11-16-15-10-13(22-2)7-8-18(15)24-20(16)19(12)21/h4-11H,1,3H3/q+1. The second-order valence-electron chi connectivity index (χ2n) is 5.83. The maximum Gasteiger partial charge on any atom is 0.212 e. The number of hydrogen-bond donors (Lipinski definition) is 0. The lowest BCUT2D eigenvalue weighted by Crippen LogP contribution is -2.30. The summed E-state index contributed by atoms with van der Waals surface area (Å²) in [6.45, 7) is 8.94. The van der Waals surface area contributed by atoms with Crippen molar-refractivity contribution in [3.8, 4) is 11.3 Å². The highest BCUT2D eigenvalue weighted by Crippen LogP contribution is 2.37. The molecule has 0 bridgehead atoms. The van der Waals surface area contributed by atoms with Crippen molar-refractivity contribution in [3.05, 3.63) is 71.5 Å². The first kappa shape index (κ1) is 14.4. The Kier molecular flexibility index (Phi) is 3.10. The van der Waals surface area contributed by atoms with E-state index in [0.29, 0.717) is 22.2 Å². The van der Waals surface area contributed by atoms with E-state index in [1.54, 1.807) is 25.1 Å². The molecule has 2 heterocycles. The van der Waals surface area contributed by atoms with Crippen molar-refractivity contribution in [2.24, 2.45) is 7.05 Å². The second-order valence-corrected chi connectivity index (χ2v) is 5.83. The molecular weight excluding hydrogens is 303 g/mol. The number of fused-ring (bicyclic) bond motifs is 3. The van der Waals surface area contributed by atoms with Crippen LogP contribution in [0.5, 0.6) is 0 Å². The topological polar surface area (TPSA) is 21.4 Å². The molecule has 116 valence electrons. The number of pyridine rings is 1. The van der Waals surface area contributed by atoms with E-state index in [4.69, 9.17) is 11.0 Å². The average Bonchev–Trinajstić information content (AvgIpc) is 2.96. The molecule has 2 aromatic carbocycles. The smallest absolute Gasteiger partial charge is 0.212 e. The van der Waals surface area contributed by atoms with Gasteiger partial charge < -0.3 is 4.42 Å². The van der Waals surface area contributed by atoms with Crippen LogP contribution in [0, 0.1) is 19.3 Å². The van der Waals surface area contributed by atoms with Crippen molar-refractivity contribution in [2.75, 3.05) is 0 Å². The van der Waals surface area contributed by atoms with E-state index in [0.717, 1.165) is 16.6 Å². The first-order chi connectivity index (χ1) is 11.6. The number of aryl methyl sites for hydroxylation is 1. The van der Waals surface area contributed by atoms with Gasteiger partial charge in [-0.3, -0.25) is 0 Å². The molecule has 4 heteroatoms. The minimum Gasteiger partial charge on any atom is -0.453 e. The predicted molar refractivity (Wildman–Crippen MR) is 91.3 cm³/mol. The largest absolute Gasteiger partial charge is 0.453 e. The second kappa shape index (κ2) is 5.17. The minimum atomic E-state index is -0.355. The molecule has 24 heavy (non-hydrogen) atoms. The van der Waals surface area contributed by atoms with Gasteiger partial charge in [0.05, 0.1) is 12.1 Å². The van der Waals surface area contributed by atoms with Crippen molar-refractivity contribution in [3.63, 3.8) is 0 Å². The number of rotatable bonds is 1. The fourth-order valence-corrected chi connectivity index (χ4v) is 3.09. The number of furan rings is 1. The summed E-state index contributed by atoms with van der Waals surface area (Å²) in [7, 11) is 1.93. The molecule has 0 aliphatic rings. The average molecular weight is 317 g/mol. The van der Waals surface area contributed by atoms with Crippen molar-refractivity contribution in [2.45, 2.75) is 6.92 Å². The van der Waals surface area contributed by atoms with Gasteiger partial charge in [0.1, 0.15) is 12.6 Å². The summed E-state index contributed by atoms with van der Waals surface area (Å²) in [5, 5.41) is 1.45. The molecule has 3 nitrogen and oxygen atoms in total. The Morgan fingerprint density at radius 2 is 1.96 bits per heavy atom. The highest BCUT2D eigenvalue weighted by molar-refractivity contribution is 6.07. The van der Waals surface area contributed by atoms with Gasteiger partial charge >= 0.3 is 0 Å². The van der Waals surface area contributed by atoms with Crippen LogP contribution in [0.3, 0.4) is 0 Å². The molecule has 0 aliphatic heterocycles. The molecule has 0 aliphatic carbocycles. The van der Waals surface area contributed by atoms with E-state index in [-0.39, 0.29) is 11.4 Å². The Hall–Kier alpha value is -3.19. The zero-order valence-electron chi connectivity index (χ0n) is 13.3. The lowest BCUT2D eigenvalue weighted by atomic mass is 10.00. The van der Waals surface area contributed by atoms with Crippen LogP contribution >= 0.6 is 0 Å². The number of nitrogens with zero attached hydrogens (tertiary/aromatic N) is 2. The van der Waals surface area contributed by atoms with Crippen molar-refractivity contribution < 1.29 is 13.4 Å². The normalized spacial score (nSPS) is 11.1. The Morgan fingerprint density at radius 3 is 2.71 bits per heavy atom. The molecule has 0 radical (unpaired) electrons. The van der Waals surface area contributed by atoms with Gasteiger partial charge in [-0.1, -0.05) is 6.07 Å². The zero-order chi connectivity index (χ0) is 16.8. The van der Waals surface area contributed by atoms with Gasteiger partial charge in [0.2, 0.25) is 5.69 Å². The number of halogens is 1. The maximum atomic E-state index is 14.9. The summed E-state index contributed by atoms with van der Waals surface area (Å²) in [5.74, 6) is -0.355. The Balaban J connectivity index is 2.13. The molecule has 4 aromatic rings. The number of hydrogen-bond acceptors (Lipinski definition) is 1. The molecule has 0 atom stereocenters. The molecule has 0 fully saturated rings. The van der Waals surface area contributed by atoms with E-state index >= 15 is 0 Å². The molecule has 0 amide bonds. The monoisotopic (exact) mass is 317 g/mol. The predicted octanol–water partition coefficient (Wildman–Crippen LogP) is 5.08. The van der Waals surface area contributed by atoms with Crippen LogP contribution in [-0.4, -0.2) is 0 Å². The fraction of sp³-hybridized carbons (Fsp3) is 0.100. The van der Waals surface area contributed by atoms with E-state index < -0.39 is 0 Å². The zero-order valence-corrected chi connectivity index (χ0v) is 13.3. The van der Waals surface area contributed by atoms with Gasteiger partial charge in [0.25, 0.3) is 0 Å². The lowest BCUT2D eigenvalue weighted by molar-refractivity contribution is -0.660. The van der Waals surface area contributed by atoms with Gasteiger partial charge in [-0.2, -0.15) is 0 Å². The van der Waals surface area contributed by atoms with E-state index in [9.17, 15) is 4.39 Å². The summed E-state index contributed by atoms with van der Waals surface area (Å²) >= 11 is 0. The quantitative estimate of drug-likeness (QED) is 0.354. The minimum absolute atomic E-state index is 0.243. The third kappa shape index (κ3) is 1.99. The first-order valence-corrected chi connectivity index (χ1v) is 7.58. The number of benzene rings is 2. The van der Waals surface area contributed by atoms with E-state index in [1.165, 1.54) is 0 Å². The van der Waals surface area contributed by atoms with Crippen LogP contribution in [-0.2, 0) is 7.05 Å². The van der Waals surface area contributed by atoms with Gasteiger partial charge in [0, 0.05) is 28.5 Å². The molecular formula is C20H14FN2O+. The highest BCUT2D eigenvalue weighted by Gasteiger charge is 2.21. The molecule has 0 spiro atoms. The summed E-state index contributed by atoms with van der Waals surface area (Å²) in [5.41, 5.74) is 3.63. The third-order valence-electron chi connectivity index (χ3n) is 4.39. The van der Waals surface area contributed by atoms with Crippen molar-refractivity contribution >= 4 is 27.6 Å². The van der Waals surface area contributed by atoms with E-state index in [1.807, 2.05) is 42.1 Å². The molecule has 4 rings (SSSR count).